The molecule has 9 heteroatoms. The highest BCUT2D eigenvalue weighted by atomic mass is 16.6. The molecule has 1 aliphatic heterocycles. The number of hydrogen-bond donors (Lipinski definition) is 0. The first-order valence-corrected chi connectivity index (χ1v) is 9.72. The van der Waals surface area contributed by atoms with Crippen molar-refractivity contribution in [1.82, 2.24) is 9.47 Å². The molecule has 0 spiro atoms. The lowest BCUT2D eigenvalue weighted by Gasteiger charge is -2.37. The lowest BCUT2D eigenvalue weighted by molar-refractivity contribution is -0.384. The van der Waals surface area contributed by atoms with Crippen molar-refractivity contribution in [2.75, 3.05) is 31.1 Å². The van der Waals surface area contributed by atoms with E-state index in [-0.39, 0.29) is 23.7 Å². The van der Waals surface area contributed by atoms with Crippen molar-refractivity contribution in [3.8, 4) is 0 Å². The van der Waals surface area contributed by atoms with Crippen molar-refractivity contribution in [2.45, 2.75) is 20.4 Å². The molecule has 0 N–H and O–H groups in total. The van der Waals surface area contributed by atoms with Crippen LogP contribution in [-0.4, -0.2) is 46.5 Å². The number of carbonyl (C=O) groups is 1. The number of nitrogens with zero attached hydrogens (tertiary/aromatic N) is 4. The molecule has 9 nitrogen and oxygen atoms in total. The van der Waals surface area contributed by atoms with E-state index in [4.69, 9.17) is 4.42 Å². The van der Waals surface area contributed by atoms with Crippen molar-refractivity contribution in [1.29, 1.82) is 0 Å². The molecule has 0 unspecified atom stereocenters. The topological polar surface area (TPSA) is 102 Å². The summed E-state index contributed by atoms with van der Waals surface area (Å²) in [5.41, 5.74) is 3.95. The van der Waals surface area contributed by atoms with Gasteiger partial charge in [0.2, 0.25) is 5.91 Å². The van der Waals surface area contributed by atoms with Gasteiger partial charge in [0.1, 0.15) is 6.54 Å². The van der Waals surface area contributed by atoms with Gasteiger partial charge in [-0.25, -0.2) is 4.79 Å². The number of nitro benzene ring substituents is 1. The number of nitro groups is 1. The van der Waals surface area contributed by atoms with Gasteiger partial charge >= 0.3 is 5.76 Å². The number of aryl methyl sites for hydroxylation is 1. The van der Waals surface area contributed by atoms with Crippen LogP contribution in [0.25, 0.3) is 11.1 Å². The molecule has 0 bridgehead atoms. The van der Waals surface area contributed by atoms with Crippen molar-refractivity contribution in [3.05, 3.63) is 68.2 Å². The summed E-state index contributed by atoms with van der Waals surface area (Å²) < 4.78 is 6.32. The van der Waals surface area contributed by atoms with Gasteiger partial charge in [0.25, 0.3) is 5.69 Å². The molecule has 1 aliphatic rings. The summed E-state index contributed by atoms with van der Waals surface area (Å²) in [5, 5.41) is 10.9. The highest BCUT2D eigenvalue weighted by Gasteiger charge is 2.24. The largest absolute Gasteiger partial charge is 0.420 e. The first-order valence-electron chi connectivity index (χ1n) is 9.72. The number of oxazole rings is 1. The van der Waals surface area contributed by atoms with Crippen LogP contribution in [0.5, 0.6) is 0 Å². The van der Waals surface area contributed by atoms with Crippen molar-refractivity contribution in [3.63, 3.8) is 0 Å². The second-order valence-corrected chi connectivity index (χ2v) is 7.45. The number of anilines is 1. The summed E-state index contributed by atoms with van der Waals surface area (Å²) in [4.78, 5) is 39.3. The van der Waals surface area contributed by atoms with E-state index in [0.717, 1.165) is 0 Å². The van der Waals surface area contributed by atoms with Crippen LogP contribution in [-0.2, 0) is 11.3 Å². The third kappa shape index (κ3) is 3.54. The Morgan fingerprint density at radius 1 is 1.13 bits per heavy atom. The number of carbonyl (C=O) groups excluding carboxylic acids is 1. The smallest absolute Gasteiger partial charge is 0.407 e. The van der Waals surface area contributed by atoms with Crippen LogP contribution >= 0.6 is 0 Å². The van der Waals surface area contributed by atoms with Gasteiger partial charge in [-0.15, -0.1) is 0 Å². The zero-order valence-electron chi connectivity index (χ0n) is 16.8. The minimum atomic E-state index is -0.701. The van der Waals surface area contributed by atoms with E-state index in [1.807, 2.05) is 6.07 Å². The van der Waals surface area contributed by atoms with E-state index in [9.17, 15) is 19.7 Å². The zero-order chi connectivity index (χ0) is 21.4. The quantitative estimate of drug-likeness (QED) is 0.484. The number of aromatic nitrogens is 1. The van der Waals surface area contributed by atoms with E-state index >= 15 is 0 Å². The predicted octanol–water partition coefficient (Wildman–Crippen LogP) is 2.47. The number of amides is 1. The molecule has 0 aliphatic carbocycles. The second kappa shape index (κ2) is 7.66. The van der Waals surface area contributed by atoms with Gasteiger partial charge in [0, 0.05) is 37.9 Å². The SMILES string of the molecule is Cc1cccc(N2CCN(C(=O)Cn3c(=O)oc4cc([N+](=O)[O-])ccc43)CC2)c1C. The minimum absolute atomic E-state index is 0.0988. The van der Waals surface area contributed by atoms with Crippen molar-refractivity contribution in [2.24, 2.45) is 0 Å². The standard InChI is InChI=1S/C21H22N4O5/c1-14-4-3-5-17(15(14)2)22-8-10-23(11-9-22)20(26)13-24-18-7-6-16(25(28)29)12-19(18)30-21(24)27/h3-7,12H,8-11,13H2,1-2H3. The Bertz CT molecular complexity index is 1190. The van der Waals surface area contributed by atoms with Crippen LogP contribution in [0, 0.1) is 24.0 Å². The summed E-state index contributed by atoms with van der Waals surface area (Å²) in [6.45, 7) is 6.56. The minimum Gasteiger partial charge on any atom is -0.407 e. The maximum absolute atomic E-state index is 12.8. The Balaban J connectivity index is 1.47. The van der Waals surface area contributed by atoms with E-state index in [2.05, 4.69) is 30.9 Å². The molecule has 1 amide bonds. The molecule has 2 heterocycles. The number of rotatable bonds is 4. The Labute approximate surface area is 172 Å². The third-order valence-corrected chi connectivity index (χ3v) is 5.71. The molecule has 156 valence electrons. The summed E-state index contributed by atoms with van der Waals surface area (Å²) >= 11 is 0. The number of hydrogen-bond acceptors (Lipinski definition) is 6. The molecule has 3 aromatic rings. The van der Waals surface area contributed by atoms with Gasteiger partial charge in [-0.1, -0.05) is 12.1 Å². The average molecular weight is 410 g/mol. The molecule has 2 aromatic carbocycles. The lowest BCUT2D eigenvalue weighted by atomic mass is 10.1. The summed E-state index contributed by atoms with van der Waals surface area (Å²) in [5.74, 6) is -0.883. The number of non-ortho nitro benzene ring substituents is 1. The van der Waals surface area contributed by atoms with Gasteiger partial charge in [-0.3, -0.25) is 19.5 Å². The molecule has 0 saturated carbocycles. The van der Waals surface area contributed by atoms with Crippen molar-refractivity contribution >= 4 is 28.4 Å². The highest BCUT2D eigenvalue weighted by molar-refractivity contribution is 5.81. The van der Waals surface area contributed by atoms with Gasteiger partial charge < -0.3 is 14.2 Å². The molecule has 1 saturated heterocycles. The molecular formula is C21H22N4O5. The zero-order valence-corrected chi connectivity index (χ0v) is 16.8. The van der Waals surface area contributed by atoms with Crippen LogP contribution in [0.15, 0.2) is 45.6 Å². The molecule has 1 aromatic heterocycles. The third-order valence-electron chi connectivity index (χ3n) is 5.71. The average Bonchev–Trinajstić information content (AvgIpc) is 3.04. The fourth-order valence-corrected chi connectivity index (χ4v) is 3.83. The Kier molecular flexibility index (Phi) is 5.03. The first-order chi connectivity index (χ1) is 14.3. The fraction of sp³-hybridized carbons (Fsp3) is 0.333. The summed E-state index contributed by atoms with van der Waals surface area (Å²) in [7, 11) is 0. The normalized spacial score (nSPS) is 14.3. The number of piperazine rings is 1. The van der Waals surface area contributed by atoms with Crippen LogP contribution < -0.4 is 10.7 Å². The molecule has 1 fully saturated rings. The van der Waals surface area contributed by atoms with Gasteiger partial charge in [0.05, 0.1) is 16.5 Å². The maximum Gasteiger partial charge on any atom is 0.420 e. The molecule has 0 atom stereocenters. The molecule has 0 radical (unpaired) electrons. The highest BCUT2D eigenvalue weighted by Crippen LogP contribution is 2.24. The van der Waals surface area contributed by atoms with E-state index in [1.54, 1.807) is 4.90 Å². The summed E-state index contributed by atoms with van der Waals surface area (Å²) in [6, 6.07) is 10.1. The fourth-order valence-electron chi connectivity index (χ4n) is 3.83. The first kappa shape index (κ1) is 19.7. The van der Waals surface area contributed by atoms with E-state index in [1.165, 1.54) is 39.6 Å². The van der Waals surface area contributed by atoms with Crippen LogP contribution in [0.1, 0.15) is 11.1 Å². The Hall–Kier alpha value is -3.62. The lowest BCUT2D eigenvalue weighted by Crippen LogP contribution is -2.50. The van der Waals surface area contributed by atoms with Gasteiger partial charge in [0.15, 0.2) is 5.58 Å². The monoisotopic (exact) mass is 410 g/mol. The van der Waals surface area contributed by atoms with Crippen molar-refractivity contribution < 1.29 is 14.1 Å². The molecular weight excluding hydrogens is 388 g/mol. The number of fused-ring (bicyclic) bond motifs is 1. The van der Waals surface area contributed by atoms with Crippen LogP contribution in [0.4, 0.5) is 11.4 Å². The second-order valence-electron chi connectivity index (χ2n) is 7.45. The Morgan fingerprint density at radius 2 is 1.87 bits per heavy atom. The number of benzene rings is 2. The van der Waals surface area contributed by atoms with E-state index < -0.39 is 10.7 Å². The molecule has 4 rings (SSSR count). The maximum atomic E-state index is 12.8. The predicted molar refractivity (Wildman–Crippen MR) is 112 cm³/mol. The molecule has 30 heavy (non-hydrogen) atoms. The van der Waals surface area contributed by atoms with Crippen LogP contribution in [0.2, 0.25) is 0 Å². The van der Waals surface area contributed by atoms with Crippen LogP contribution in [0.3, 0.4) is 0 Å². The Morgan fingerprint density at radius 3 is 2.57 bits per heavy atom. The van der Waals surface area contributed by atoms with Gasteiger partial charge in [-0.05, 0) is 37.1 Å². The van der Waals surface area contributed by atoms with Gasteiger partial charge in [-0.2, -0.15) is 0 Å². The summed E-state index contributed by atoms with van der Waals surface area (Å²) in [6.07, 6.45) is 0. The van der Waals surface area contributed by atoms with E-state index in [0.29, 0.717) is 31.7 Å².